The van der Waals surface area contributed by atoms with E-state index < -0.39 is 37.6 Å². The minimum atomic E-state index is -3.79. The monoisotopic (exact) mass is 668 g/mol. The molecule has 0 bridgehead atoms. The van der Waals surface area contributed by atoms with Crippen molar-refractivity contribution in [3.63, 3.8) is 0 Å². The summed E-state index contributed by atoms with van der Waals surface area (Å²) in [5.41, 5.74) is -0.992. The van der Waals surface area contributed by atoms with Gasteiger partial charge in [-0.3, -0.25) is 14.6 Å². The molecule has 6 aromatic rings. The molecule has 0 saturated carbocycles. The van der Waals surface area contributed by atoms with E-state index in [1.165, 1.54) is 48.2 Å². The van der Waals surface area contributed by atoms with Gasteiger partial charge in [-0.15, -0.1) is 0 Å². The Hall–Kier alpha value is -5.22. The second kappa shape index (κ2) is 13.0. The Morgan fingerprint density at radius 3 is 1.67 bits per heavy atom. The Bertz CT molecular complexity index is 2470. The summed E-state index contributed by atoms with van der Waals surface area (Å²) in [6.07, 6.45) is 2.94. The molecule has 0 aliphatic heterocycles. The number of hydrogen-bond acceptors (Lipinski definition) is 11. The standard InChI is InChI=1S/C15H11FN2O5S.C15H11FN2O3S/c1-24(21,22)15-17-13(20)12-9(7-11(19)23-14(12)18-15)5-8-3-2-4-10(16)6-8;1-22-15-17-13(20)12-9(7-11(19)21-14(12)18-15)5-8-3-2-4-10(16)6-8/h2-4,6-7H,5H2,1H3,(H,17,18,20);2-4,6-7H,5H2,1H3,(H,17,18,20). The molecule has 4 aromatic heterocycles. The molecule has 0 unspecified atom stereocenters. The Morgan fingerprint density at radius 1 is 0.739 bits per heavy atom. The first-order valence-electron chi connectivity index (χ1n) is 13.2. The summed E-state index contributed by atoms with van der Waals surface area (Å²) in [6.45, 7) is 0. The lowest BCUT2D eigenvalue weighted by atomic mass is 10.0. The molecule has 2 aromatic carbocycles. The molecule has 0 aliphatic carbocycles. The average Bonchev–Trinajstić information content (AvgIpc) is 2.96. The van der Waals surface area contributed by atoms with Gasteiger partial charge >= 0.3 is 11.3 Å². The molecule has 0 amide bonds. The maximum absolute atomic E-state index is 13.3. The number of thioether (sulfide) groups is 1. The smallest absolute Gasteiger partial charge is 0.337 e. The van der Waals surface area contributed by atoms with E-state index in [9.17, 15) is 36.4 Å². The molecule has 0 atom stereocenters. The van der Waals surface area contributed by atoms with E-state index in [0.29, 0.717) is 21.8 Å². The van der Waals surface area contributed by atoms with Crippen molar-refractivity contribution in [2.75, 3.05) is 12.5 Å². The van der Waals surface area contributed by atoms with E-state index >= 15 is 0 Å². The fraction of sp³-hybridized carbons (Fsp3) is 0.133. The zero-order valence-electron chi connectivity index (χ0n) is 23.9. The zero-order chi connectivity index (χ0) is 33.2. The summed E-state index contributed by atoms with van der Waals surface area (Å²) >= 11 is 1.24. The third-order valence-corrected chi connectivity index (χ3v) is 7.94. The van der Waals surface area contributed by atoms with E-state index in [2.05, 4.69) is 19.9 Å². The van der Waals surface area contributed by atoms with Gasteiger partial charge in [-0.25, -0.2) is 26.8 Å². The number of sulfone groups is 1. The van der Waals surface area contributed by atoms with Crippen molar-refractivity contribution in [1.82, 2.24) is 19.9 Å². The van der Waals surface area contributed by atoms with Crippen LogP contribution in [0.1, 0.15) is 22.3 Å². The number of hydrogen-bond donors (Lipinski definition) is 2. The number of rotatable bonds is 6. The van der Waals surface area contributed by atoms with E-state index in [1.807, 2.05) is 0 Å². The molecule has 6 rings (SSSR count). The molecule has 0 saturated heterocycles. The van der Waals surface area contributed by atoms with Crippen LogP contribution in [0.5, 0.6) is 0 Å². The highest BCUT2D eigenvalue weighted by atomic mass is 32.2. The summed E-state index contributed by atoms with van der Waals surface area (Å²) in [7, 11) is -3.79. The zero-order valence-corrected chi connectivity index (χ0v) is 25.6. The lowest BCUT2D eigenvalue weighted by molar-refractivity contribution is 0.537. The maximum atomic E-state index is 13.3. The van der Waals surface area contributed by atoms with Crippen LogP contribution in [-0.4, -0.2) is 40.9 Å². The van der Waals surface area contributed by atoms with Gasteiger partial charge in [0, 0.05) is 18.4 Å². The van der Waals surface area contributed by atoms with Crippen LogP contribution in [0.4, 0.5) is 8.78 Å². The minimum absolute atomic E-state index is 0.00740. The highest BCUT2D eigenvalue weighted by Crippen LogP contribution is 2.19. The van der Waals surface area contributed by atoms with E-state index in [0.717, 1.165) is 12.3 Å². The largest absolute Gasteiger partial charge is 0.403 e. The third-order valence-electron chi connectivity index (χ3n) is 6.46. The van der Waals surface area contributed by atoms with Crippen molar-refractivity contribution < 1.29 is 26.0 Å². The van der Waals surface area contributed by atoms with Crippen molar-refractivity contribution in [3.8, 4) is 0 Å². The molecule has 46 heavy (non-hydrogen) atoms. The average molecular weight is 669 g/mol. The van der Waals surface area contributed by atoms with Gasteiger partial charge in [0.15, 0.2) is 5.16 Å². The SMILES string of the molecule is CS(=O)(=O)c1nc2oc(=O)cc(Cc3cccc(F)c3)c2c(=O)[nH]1.CSc1nc2oc(=O)cc(Cc3cccc(F)c3)c2c(=O)[nH]1. The molecule has 0 aliphatic rings. The normalized spacial score (nSPS) is 11.4. The summed E-state index contributed by atoms with van der Waals surface area (Å²) in [4.78, 5) is 60.4. The van der Waals surface area contributed by atoms with Gasteiger partial charge in [-0.1, -0.05) is 36.0 Å². The van der Waals surface area contributed by atoms with Crippen LogP contribution in [0.25, 0.3) is 22.2 Å². The number of fused-ring (bicyclic) bond motifs is 2. The fourth-order valence-corrected chi connectivity index (χ4v) is 5.44. The molecular formula is C30H22F2N4O8S2. The van der Waals surface area contributed by atoms with Gasteiger partial charge in [-0.2, -0.15) is 9.97 Å². The second-order valence-corrected chi connectivity index (χ2v) is 12.6. The molecule has 12 nitrogen and oxygen atoms in total. The Labute approximate surface area is 261 Å². The van der Waals surface area contributed by atoms with Crippen LogP contribution < -0.4 is 22.4 Å². The number of halogens is 2. The minimum Gasteiger partial charge on any atom is -0.403 e. The topological polar surface area (TPSA) is 186 Å². The van der Waals surface area contributed by atoms with Crippen molar-refractivity contribution in [1.29, 1.82) is 0 Å². The summed E-state index contributed by atoms with van der Waals surface area (Å²) in [5.74, 6) is -0.826. The van der Waals surface area contributed by atoms with Gasteiger partial charge in [0.25, 0.3) is 11.1 Å². The molecule has 236 valence electrons. The van der Waals surface area contributed by atoms with Gasteiger partial charge < -0.3 is 13.8 Å². The van der Waals surface area contributed by atoms with Crippen LogP contribution in [0.15, 0.2) is 99.0 Å². The van der Waals surface area contributed by atoms with Crippen molar-refractivity contribution in [3.05, 3.63) is 136 Å². The van der Waals surface area contributed by atoms with Gasteiger partial charge in [0.05, 0.1) is 0 Å². The second-order valence-electron chi connectivity index (χ2n) is 9.87. The molecule has 16 heteroatoms. The van der Waals surface area contributed by atoms with Crippen LogP contribution in [0.2, 0.25) is 0 Å². The highest BCUT2D eigenvalue weighted by Gasteiger charge is 2.18. The van der Waals surface area contributed by atoms with Gasteiger partial charge in [-0.05, 0) is 65.6 Å². The molecular weight excluding hydrogens is 646 g/mol. The first-order chi connectivity index (χ1) is 21.8. The first-order valence-corrected chi connectivity index (χ1v) is 16.3. The Kier molecular flexibility index (Phi) is 9.11. The Morgan fingerprint density at radius 2 is 1.22 bits per heavy atom. The lowest BCUT2D eigenvalue weighted by Crippen LogP contribution is -2.18. The summed E-state index contributed by atoms with van der Waals surface area (Å²) in [6, 6.07) is 14.0. The predicted octanol–water partition coefficient (Wildman–Crippen LogP) is 3.34. The van der Waals surface area contributed by atoms with E-state index in [-0.39, 0.29) is 52.0 Å². The van der Waals surface area contributed by atoms with Crippen LogP contribution in [0, 0.1) is 11.6 Å². The molecule has 0 spiro atoms. The van der Waals surface area contributed by atoms with Crippen molar-refractivity contribution >= 4 is 43.8 Å². The number of nitrogens with one attached hydrogen (secondary N) is 2. The fourth-order valence-electron chi connectivity index (χ4n) is 4.54. The maximum Gasteiger partial charge on any atom is 0.337 e. The molecule has 0 fully saturated rings. The lowest BCUT2D eigenvalue weighted by Gasteiger charge is -2.06. The van der Waals surface area contributed by atoms with Crippen LogP contribution in [0.3, 0.4) is 0 Å². The summed E-state index contributed by atoms with van der Waals surface area (Å²) < 4.78 is 59.5. The molecule has 4 heterocycles. The highest BCUT2D eigenvalue weighted by molar-refractivity contribution is 7.98. The summed E-state index contributed by atoms with van der Waals surface area (Å²) in [5, 5.41) is -0.0671. The van der Waals surface area contributed by atoms with Crippen molar-refractivity contribution in [2.24, 2.45) is 0 Å². The quantitative estimate of drug-likeness (QED) is 0.196. The van der Waals surface area contributed by atoms with Crippen molar-refractivity contribution in [2.45, 2.75) is 23.2 Å². The van der Waals surface area contributed by atoms with E-state index in [1.54, 1.807) is 24.5 Å². The number of aromatic amines is 2. The number of nitrogens with zero attached hydrogens (tertiary/aromatic N) is 2. The molecule has 2 N–H and O–H groups in total. The van der Waals surface area contributed by atoms with Gasteiger partial charge in [0.1, 0.15) is 22.4 Å². The third kappa shape index (κ3) is 7.35. The first kappa shape index (κ1) is 32.2. The molecule has 0 radical (unpaired) electrons. The number of aromatic nitrogens is 4. The van der Waals surface area contributed by atoms with Crippen LogP contribution >= 0.6 is 11.8 Å². The van der Waals surface area contributed by atoms with Crippen LogP contribution in [-0.2, 0) is 22.7 Å². The van der Waals surface area contributed by atoms with Gasteiger partial charge in [0.2, 0.25) is 26.4 Å². The Balaban J connectivity index is 0.000000182. The number of benzene rings is 2. The predicted molar refractivity (Wildman–Crippen MR) is 165 cm³/mol. The number of H-pyrrole nitrogens is 2. The van der Waals surface area contributed by atoms with E-state index in [4.69, 9.17) is 8.83 Å².